The number of rotatable bonds is 3. The first-order valence-electron chi connectivity index (χ1n) is 2.44. The summed E-state index contributed by atoms with van der Waals surface area (Å²) in [4.78, 5) is 0. The molecule has 0 saturated heterocycles. The molecule has 0 fully saturated rings. The lowest BCUT2D eigenvalue weighted by atomic mass is 10.3. The number of hydrogen-bond acceptors (Lipinski definition) is 2. The highest BCUT2D eigenvalue weighted by atomic mass is 35.5. The van der Waals surface area contributed by atoms with Gasteiger partial charge in [-0.3, -0.25) is 0 Å². The van der Waals surface area contributed by atoms with Gasteiger partial charge < -0.3 is 5.43 Å². The topological polar surface area (TPSA) is 24.4 Å². The van der Waals surface area contributed by atoms with E-state index in [1.807, 2.05) is 0 Å². The Bertz CT molecular complexity index is 149. The third-order valence-corrected chi connectivity index (χ3v) is 1.05. The first-order chi connectivity index (χ1) is 4.22. The number of allylic oxidation sites excluding steroid dienone is 2. The lowest BCUT2D eigenvalue weighted by molar-refractivity contribution is 0.906. The molecule has 2 nitrogen and oxygen atoms in total. The molecule has 0 aliphatic heterocycles. The van der Waals surface area contributed by atoms with Crippen LogP contribution in [-0.2, 0) is 0 Å². The van der Waals surface area contributed by atoms with Gasteiger partial charge in [-0.25, -0.2) is 0 Å². The lowest BCUT2D eigenvalue weighted by Gasteiger charge is -1.93. The molecule has 0 radical (unpaired) electrons. The van der Waals surface area contributed by atoms with Gasteiger partial charge in [-0.05, 0) is 0 Å². The summed E-state index contributed by atoms with van der Waals surface area (Å²) in [5.41, 5.74) is 3.15. The molecule has 0 bridgehead atoms. The zero-order valence-electron chi connectivity index (χ0n) is 5.32. The summed E-state index contributed by atoms with van der Waals surface area (Å²) in [6.45, 7) is 7.04. The second-order valence-electron chi connectivity index (χ2n) is 1.36. The highest BCUT2D eigenvalue weighted by Crippen LogP contribution is 1.98. The molecule has 0 aromatic carbocycles. The SMILES string of the molecule is C=CC(=C)/C(Cl)=N\NC. The molecule has 0 heterocycles. The molecule has 0 spiro atoms. The minimum Gasteiger partial charge on any atom is -0.312 e. The Hall–Kier alpha value is -0.760. The summed E-state index contributed by atoms with van der Waals surface area (Å²) in [6, 6.07) is 0. The minimum atomic E-state index is 0.340. The average Bonchev–Trinajstić information content (AvgIpc) is 1.87. The summed E-state index contributed by atoms with van der Waals surface area (Å²) in [6.07, 6.45) is 1.54. The molecule has 0 aromatic rings. The molecule has 9 heavy (non-hydrogen) atoms. The van der Waals surface area contributed by atoms with Crippen molar-refractivity contribution < 1.29 is 0 Å². The molecule has 0 amide bonds. The van der Waals surface area contributed by atoms with E-state index in [9.17, 15) is 0 Å². The van der Waals surface area contributed by atoms with Gasteiger partial charge in [0.05, 0.1) is 0 Å². The van der Waals surface area contributed by atoms with Gasteiger partial charge in [-0.2, -0.15) is 5.10 Å². The van der Waals surface area contributed by atoms with E-state index in [-0.39, 0.29) is 0 Å². The first kappa shape index (κ1) is 8.24. The van der Waals surface area contributed by atoms with Gasteiger partial charge in [0.25, 0.3) is 0 Å². The highest BCUT2D eigenvalue weighted by Gasteiger charge is 1.92. The van der Waals surface area contributed by atoms with Crippen molar-refractivity contribution in [3.63, 3.8) is 0 Å². The smallest absolute Gasteiger partial charge is 0.155 e. The molecule has 0 unspecified atom stereocenters. The predicted molar refractivity (Wildman–Crippen MR) is 41.7 cm³/mol. The van der Waals surface area contributed by atoms with E-state index in [0.717, 1.165) is 0 Å². The van der Waals surface area contributed by atoms with Crippen molar-refractivity contribution in [2.75, 3.05) is 7.05 Å². The van der Waals surface area contributed by atoms with Crippen LogP contribution in [0.15, 0.2) is 29.9 Å². The van der Waals surface area contributed by atoms with Crippen molar-refractivity contribution in [3.05, 3.63) is 24.8 Å². The van der Waals surface area contributed by atoms with Gasteiger partial charge in [-0.15, -0.1) is 0 Å². The van der Waals surface area contributed by atoms with Crippen LogP contribution in [0.5, 0.6) is 0 Å². The van der Waals surface area contributed by atoms with Crippen LogP contribution in [0.2, 0.25) is 0 Å². The number of nitrogens with zero attached hydrogens (tertiary/aromatic N) is 1. The quantitative estimate of drug-likeness (QED) is 0.362. The zero-order valence-corrected chi connectivity index (χ0v) is 6.07. The standard InChI is InChI=1S/C6H9ClN2/c1-4-5(2)6(7)9-8-3/h4,8H,1-2H2,3H3/b9-6+. The van der Waals surface area contributed by atoms with Crippen molar-refractivity contribution in [2.24, 2.45) is 5.10 Å². The second kappa shape index (κ2) is 4.15. The van der Waals surface area contributed by atoms with Gasteiger partial charge in [0.1, 0.15) is 0 Å². The first-order valence-corrected chi connectivity index (χ1v) is 2.81. The molecular weight excluding hydrogens is 136 g/mol. The normalized spacial score (nSPS) is 10.7. The van der Waals surface area contributed by atoms with E-state index in [0.29, 0.717) is 10.7 Å². The molecule has 0 aliphatic carbocycles. The van der Waals surface area contributed by atoms with Gasteiger partial charge in [0.2, 0.25) is 0 Å². The fourth-order valence-electron chi connectivity index (χ4n) is 0.254. The van der Waals surface area contributed by atoms with Crippen LogP contribution in [0, 0.1) is 0 Å². The molecule has 0 atom stereocenters. The van der Waals surface area contributed by atoms with Crippen molar-refractivity contribution >= 4 is 16.8 Å². The van der Waals surface area contributed by atoms with Crippen LogP contribution in [0.4, 0.5) is 0 Å². The summed E-state index contributed by atoms with van der Waals surface area (Å²) >= 11 is 5.55. The summed E-state index contributed by atoms with van der Waals surface area (Å²) in [5.74, 6) is 0. The Morgan fingerprint density at radius 1 is 1.78 bits per heavy atom. The second-order valence-corrected chi connectivity index (χ2v) is 1.71. The van der Waals surface area contributed by atoms with Crippen molar-refractivity contribution in [3.8, 4) is 0 Å². The maximum absolute atomic E-state index is 5.55. The number of hydrazone groups is 1. The monoisotopic (exact) mass is 144 g/mol. The molecule has 0 saturated carbocycles. The average molecular weight is 145 g/mol. The van der Waals surface area contributed by atoms with E-state index < -0.39 is 0 Å². The Balaban J connectivity index is 4.01. The largest absolute Gasteiger partial charge is 0.312 e. The Morgan fingerprint density at radius 3 is 2.67 bits per heavy atom. The minimum absolute atomic E-state index is 0.340. The number of hydrogen-bond donors (Lipinski definition) is 1. The van der Waals surface area contributed by atoms with E-state index in [1.54, 1.807) is 13.1 Å². The zero-order chi connectivity index (χ0) is 7.28. The van der Waals surface area contributed by atoms with E-state index >= 15 is 0 Å². The summed E-state index contributed by atoms with van der Waals surface area (Å²) in [5, 5.41) is 4.00. The van der Waals surface area contributed by atoms with Crippen LogP contribution < -0.4 is 5.43 Å². The van der Waals surface area contributed by atoms with Crippen LogP contribution in [0.1, 0.15) is 0 Å². The van der Waals surface area contributed by atoms with Gasteiger partial charge in [0.15, 0.2) is 5.17 Å². The fraction of sp³-hybridized carbons (Fsp3) is 0.167. The van der Waals surface area contributed by atoms with Crippen molar-refractivity contribution in [2.45, 2.75) is 0 Å². The van der Waals surface area contributed by atoms with Crippen molar-refractivity contribution in [1.29, 1.82) is 0 Å². The molecule has 1 N–H and O–H groups in total. The van der Waals surface area contributed by atoms with Crippen molar-refractivity contribution in [1.82, 2.24) is 5.43 Å². The number of nitrogens with one attached hydrogen (secondary N) is 1. The van der Waals surface area contributed by atoms with Gasteiger partial charge in [0, 0.05) is 12.6 Å². The van der Waals surface area contributed by atoms with Crippen LogP contribution >= 0.6 is 11.6 Å². The summed E-state index contributed by atoms with van der Waals surface area (Å²) < 4.78 is 0. The van der Waals surface area contributed by atoms with Gasteiger partial charge >= 0.3 is 0 Å². The molecule has 3 heteroatoms. The van der Waals surface area contributed by atoms with E-state index in [1.165, 1.54) is 0 Å². The van der Waals surface area contributed by atoms with Crippen LogP contribution in [-0.4, -0.2) is 12.2 Å². The Labute approximate surface area is 59.9 Å². The highest BCUT2D eigenvalue weighted by molar-refractivity contribution is 6.69. The molecule has 0 aromatic heterocycles. The molecular formula is C6H9ClN2. The molecule has 0 rings (SSSR count). The summed E-state index contributed by atoms with van der Waals surface area (Å²) in [7, 11) is 1.67. The van der Waals surface area contributed by atoms with Gasteiger partial charge in [-0.1, -0.05) is 30.8 Å². The predicted octanol–water partition coefficient (Wildman–Crippen LogP) is 1.50. The van der Waals surface area contributed by atoms with E-state index in [4.69, 9.17) is 11.6 Å². The van der Waals surface area contributed by atoms with Crippen LogP contribution in [0.3, 0.4) is 0 Å². The molecule has 0 aliphatic rings. The Morgan fingerprint density at radius 2 is 2.33 bits per heavy atom. The third kappa shape index (κ3) is 2.93. The fourth-order valence-corrected chi connectivity index (χ4v) is 0.416. The Kier molecular flexibility index (Phi) is 3.80. The van der Waals surface area contributed by atoms with Crippen LogP contribution in [0.25, 0.3) is 0 Å². The third-order valence-electron chi connectivity index (χ3n) is 0.721. The lowest BCUT2D eigenvalue weighted by Crippen LogP contribution is -1.99. The maximum atomic E-state index is 5.55. The maximum Gasteiger partial charge on any atom is 0.155 e. The van der Waals surface area contributed by atoms with E-state index in [2.05, 4.69) is 23.7 Å². The molecule has 50 valence electrons. The number of halogens is 1.